The maximum atomic E-state index is 5.77. The first-order chi connectivity index (χ1) is 5.16. The zero-order valence-electron chi connectivity index (χ0n) is 8.09. The van der Waals surface area contributed by atoms with Crippen molar-refractivity contribution in [3.8, 4) is 0 Å². The van der Waals surface area contributed by atoms with Gasteiger partial charge in [-0.05, 0) is 6.42 Å². The van der Waals surface area contributed by atoms with Gasteiger partial charge in [-0.3, -0.25) is 0 Å². The lowest BCUT2D eigenvalue weighted by Gasteiger charge is -2.28. The number of hydrogen-bond acceptors (Lipinski definition) is 4. The summed E-state index contributed by atoms with van der Waals surface area (Å²) in [5, 5.41) is 0. The minimum atomic E-state index is -2.54. The molecule has 0 heterocycles. The van der Waals surface area contributed by atoms with Crippen LogP contribution < -0.4 is 5.73 Å². The number of hydrogen-bond donors (Lipinski definition) is 1. The molecule has 0 aliphatic carbocycles. The molecule has 6 heteroatoms. The summed E-state index contributed by atoms with van der Waals surface area (Å²) in [5.41, 5.74) is 5.63. The van der Waals surface area contributed by atoms with Crippen molar-refractivity contribution >= 4 is 19.8 Å². The molecule has 0 aromatic heterocycles. The van der Waals surface area contributed by atoms with E-state index < -0.39 is 8.80 Å². The van der Waals surface area contributed by atoms with Gasteiger partial charge < -0.3 is 19.0 Å². The van der Waals surface area contributed by atoms with Crippen LogP contribution in [-0.4, -0.2) is 46.8 Å². The summed E-state index contributed by atoms with van der Waals surface area (Å²) in [4.78, 5) is 0. The number of rotatable bonds is 5. The Hall–Kier alpha value is 0.274. The normalized spacial score (nSPS) is 13.8. The van der Waals surface area contributed by atoms with E-state index in [-0.39, 0.29) is 16.6 Å². The molecule has 0 aliphatic rings. The first kappa shape index (κ1) is 14.8. The Morgan fingerprint density at radius 3 is 1.58 bits per heavy atom. The van der Waals surface area contributed by atoms with E-state index >= 15 is 0 Å². The van der Waals surface area contributed by atoms with E-state index in [1.165, 1.54) is 0 Å². The van der Waals surface area contributed by atoms with Crippen molar-refractivity contribution < 1.29 is 13.3 Å². The molecule has 0 fully saturated rings. The Morgan fingerprint density at radius 2 is 1.50 bits per heavy atom. The quantitative estimate of drug-likeness (QED) is 0.632. The lowest BCUT2D eigenvalue weighted by Crippen LogP contribution is -2.58. The predicted molar refractivity (Wildman–Crippen MR) is 50.8 cm³/mol. The summed E-state index contributed by atoms with van der Waals surface area (Å²) < 4.78 is 15.5. The predicted octanol–water partition coefficient (Wildman–Crippen LogP) is -0.240. The van der Waals surface area contributed by atoms with Crippen LogP contribution in [0.15, 0.2) is 0 Å². The van der Waals surface area contributed by atoms with Crippen molar-refractivity contribution in [3.63, 3.8) is 0 Å². The van der Waals surface area contributed by atoms with Gasteiger partial charge in [-0.2, -0.15) is 0 Å². The zero-order chi connectivity index (χ0) is 8.91. The smallest absolute Gasteiger partial charge is 0.376 e. The first-order valence-corrected chi connectivity index (χ1v) is 5.38. The minimum Gasteiger partial charge on any atom is -0.376 e. The van der Waals surface area contributed by atoms with Crippen molar-refractivity contribution in [2.75, 3.05) is 21.3 Å². The maximum absolute atomic E-state index is 5.77. The van der Waals surface area contributed by atoms with Crippen LogP contribution in [0.4, 0.5) is 0 Å². The molecule has 1 unspecified atom stereocenters. The van der Waals surface area contributed by atoms with Gasteiger partial charge in [0.05, 0.1) is 5.67 Å². The van der Waals surface area contributed by atoms with Gasteiger partial charge in [0.15, 0.2) is 0 Å². The molecule has 0 bridgehead atoms. The second-order valence-electron chi connectivity index (χ2n) is 2.23. The molecule has 0 aliphatic heterocycles. The monoisotopic (exact) mass is 207 g/mol. The summed E-state index contributed by atoms with van der Waals surface area (Å²) in [6, 6.07) is 0. The van der Waals surface area contributed by atoms with Crippen LogP contribution in [0, 0.1) is 0 Å². The standard InChI is InChI=1S/C6H17NO3Si.Si/c1-5-6(7)11(8-2,9-3)10-4;/h6H,5,7H2,1-4H3;. The highest BCUT2D eigenvalue weighted by atomic mass is 28.4. The van der Waals surface area contributed by atoms with Gasteiger partial charge in [0.25, 0.3) is 0 Å². The molecule has 0 amide bonds. The fraction of sp³-hybridized carbons (Fsp3) is 1.00. The topological polar surface area (TPSA) is 53.7 Å². The Balaban J connectivity index is 0. The largest absolute Gasteiger partial charge is 0.517 e. The highest BCUT2D eigenvalue weighted by molar-refractivity contribution is 6.62. The fourth-order valence-corrected chi connectivity index (χ4v) is 2.86. The van der Waals surface area contributed by atoms with Crippen LogP contribution >= 0.6 is 0 Å². The molecular formula is C6H17NO3Si2. The van der Waals surface area contributed by atoms with Gasteiger partial charge >= 0.3 is 8.80 Å². The lowest BCUT2D eigenvalue weighted by molar-refractivity contribution is 0.112. The molecule has 2 N–H and O–H groups in total. The second-order valence-corrected chi connectivity index (χ2v) is 5.40. The fourth-order valence-electron chi connectivity index (χ4n) is 0.954. The van der Waals surface area contributed by atoms with Crippen molar-refractivity contribution in [2.24, 2.45) is 5.73 Å². The lowest BCUT2D eigenvalue weighted by atomic mass is 10.5. The molecule has 0 saturated carbocycles. The summed E-state index contributed by atoms with van der Waals surface area (Å²) in [6.07, 6.45) is 0.793. The van der Waals surface area contributed by atoms with Gasteiger partial charge in [-0.15, -0.1) is 0 Å². The van der Waals surface area contributed by atoms with Crippen LogP contribution in [0.25, 0.3) is 0 Å². The van der Waals surface area contributed by atoms with Gasteiger partial charge in [0.2, 0.25) is 0 Å². The van der Waals surface area contributed by atoms with Crippen molar-refractivity contribution in [2.45, 2.75) is 19.0 Å². The molecule has 4 nitrogen and oxygen atoms in total. The third-order valence-electron chi connectivity index (χ3n) is 1.75. The Labute approximate surface area is 79.8 Å². The third-order valence-corrected chi connectivity index (χ3v) is 4.77. The van der Waals surface area contributed by atoms with E-state index in [2.05, 4.69) is 0 Å². The Kier molecular flexibility index (Phi) is 8.32. The van der Waals surface area contributed by atoms with E-state index in [0.29, 0.717) is 0 Å². The molecule has 0 aromatic carbocycles. The number of nitrogens with two attached hydrogens (primary N) is 1. The summed E-state index contributed by atoms with van der Waals surface area (Å²) in [6.45, 7) is 1.98. The third kappa shape index (κ3) is 2.96. The first-order valence-electron chi connectivity index (χ1n) is 3.57. The molecule has 0 spiro atoms. The van der Waals surface area contributed by atoms with E-state index in [1.54, 1.807) is 21.3 Å². The molecular weight excluding hydrogens is 190 g/mol. The average Bonchev–Trinajstić information content (AvgIpc) is 2.08. The molecule has 0 aromatic rings. The Morgan fingerprint density at radius 1 is 1.17 bits per heavy atom. The van der Waals surface area contributed by atoms with E-state index in [4.69, 9.17) is 19.0 Å². The molecule has 1 atom stereocenters. The average molecular weight is 207 g/mol. The van der Waals surface area contributed by atoms with Gasteiger partial charge in [0.1, 0.15) is 0 Å². The van der Waals surface area contributed by atoms with Crippen molar-refractivity contribution in [1.82, 2.24) is 0 Å². The summed E-state index contributed by atoms with van der Waals surface area (Å²) in [5.74, 6) is 0. The van der Waals surface area contributed by atoms with E-state index in [9.17, 15) is 0 Å². The van der Waals surface area contributed by atoms with Gasteiger partial charge in [0, 0.05) is 32.3 Å². The van der Waals surface area contributed by atoms with Crippen LogP contribution in [0.2, 0.25) is 0 Å². The maximum Gasteiger partial charge on any atom is 0.517 e. The van der Waals surface area contributed by atoms with Gasteiger partial charge in [-0.25, -0.2) is 0 Å². The molecule has 72 valence electrons. The van der Waals surface area contributed by atoms with Crippen LogP contribution in [0.1, 0.15) is 13.3 Å². The van der Waals surface area contributed by atoms with E-state index in [1.807, 2.05) is 6.92 Å². The molecule has 4 radical (unpaired) electrons. The summed E-state index contributed by atoms with van der Waals surface area (Å²) in [7, 11) is 2.15. The highest BCUT2D eigenvalue weighted by Crippen LogP contribution is 2.11. The van der Waals surface area contributed by atoms with Crippen LogP contribution in [0.5, 0.6) is 0 Å². The molecule has 0 saturated heterocycles. The SMILES string of the molecule is CCC(N)[Si](OC)(OC)OC.[Si]. The zero-order valence-corrected chi connectivity index (χ0v) is 10.1. The minimum absolute atomic E-state index is 0. The highest BCUT2D eigenvalue weighted by Gasteiger charge is 2.44. The van der Waals surface area contributed by atoms with Crippen molar-refractivity contribution in [3.05, 3.63) is 0 Å². The van der Waals surface area contributed by atoms with Crippen molar-refractivity contribution in [1.29, 1.82) is 0 Å². The van der Waals surface area contributed by atoms with E-state index in [0.717, 1.165) is 6.42 Å². The molecule has 0 rings (SSSR count). The summed E-state index contributed by atoms with van der Waals surface area (Å²) >= 11 is 0. The van der Waals surface area contributed by atoms with Gasteiger partial charge in [-0.1, -0.05) is 6.92 Å². The van der Waals surface area contributed by atoms with Crippen LogP contribution in [-0.2, 0) is 13.3 Å². The van der Waals surface area contributed by atoms with Crippen LogP contribution in [0.3, 0.4) is 0 Å². The Bertz CT molecular complexity index is 103. The molecule has 12 heavy (non-hydrogen) atoms. The second kappa shape index (κ2) is 6.75.